The Morgan fingerprint density at radius 2 is 1.88 bits per heavy atom. The van der Waals surface area contributed by atoms with E-state index >= 15 is 0 Å². The fraction of sp³-hybridized carbons (Fsp3) is 0.370. The number of hydrogen-bond acceptors (Lipinski definition) is 4. The van der Waals surface area contributed by atoms with Crippen molar-refractivity contribution in [3.05, 3.63) is 64.2 Å². The topological polar surface area (TPSA) is 52.7 Å². The number of anilines is 2. The second kappa shape index (κ2) is 8.41. The molecule has 4 rings (SSSR count). The fourth-order valence-electron chi connectivity index (χ4n) is 4.95. The lowest BCUT2D eigenvalue weighted by Crippen LogP contribution is -2.54. The van der Waals surface area contributed by atoms with Crippen LogP contribution in [0.3, 0.4) is 0 Å². The molecule has 1 fully saturated rings. The number of amides is 2. The van der Waals surface area contributed by atoms with Crippen molar-refractivity contribution in [3.8, 4) is 0 Å². The van der Waals surface area contributed by atoms with E-state index in [0.717, 1.165) is 29.5 Å². The van der Waals surface area contributed by atoms with Crippen LogP contribution < -0.4 is 15.1 Å². The molecule has 2 aliphatic heterocycles. The van der Waals surface area contributed by atoms with Gasteiger partial charge in [-0.3, -0.25) is 19.8 Å². The van der Waals surface area contributed by atoms with Crippen molar-refractivity contribution >= 4 is 46.6 Å². The standard InChI is InChI=1S/C27H31N3O2S/c1-7-18-10-8-9-11-22(18)30-25(32)21(24(31)28-26(30)33)14-19-13-20-17(3)15-27(4,5)29(6)23(20)12-16(19)2/h8-14,17H,7,15H2,1-6H3,(H,28,31,33)/b21-14+/t17-/m1/s1. The van der Waals surface area contributed by atoms with Crippen LogP contribution in [0.2, 0.25) is 0 Å². The summed E-state index contributed by atoms with van der Waals surface area (Å²) in [6.07, 6.45) is 3.50. The van der Waals surface area contributed by atoms with Gasteiger partial charge in [-0.1, -0.05) is 32.0 Å². The first-order chi connectivity index (χ1) is 15.5. The summed E-state index contributed by atoms with van der Waals surface area (Å²) >= 11 is 5.38. The van der Waals surface area contributed by atoms with Crippen LogP contribution in [0.25, 0.3) is 6.08 Å². The van der Waals surface area contributed by atoms with Gasteiger partial charge in [0.25, 0.3) is 11.8 Å². The maximum Gasteiger partial charge on any atom is 0.270 e. The molecule has 1 N–H and O–H groups in total. The monoisotopic (exact) mass is 461 g/mol. The van der Waals surface area contributed by atoms with Gasteiger partial charge in [0.15, 0.2) is 5.11 Å². The zero-order chi connectivity index (χ0) is 24.1. The van der Waals surface area contributed by atoms with Crippen LogP contribution >= 0.6 is 12.2 Å². The van der Waals surface area contributed by atoms with Gasteiger partial charge in [0.1, 0.15) is 5.57 Å². The van der Waals surface area contributed by atoms with Gasteiger partial charge in [-0.15, -0.1) is 0 Å². The van der Waals surface area contributed by atoms with E-state index < -0.39 is 11.8 Å². The van der Waals surface area contributed by atoms with Crippen LogP contribution in [0.5, 0.6) is 0 Å². The predicted octanol–water partition coefficient (Wildman–Crippen LogP) is 5.11. The molecule has 0 unspecified atom stereocenters. The molecule has 2 aliphatic rings. The molecular weight excluding hydrogens is 430 g/mol. The van der Waals surface area contributed by atoms with Crippen molar-refractivity contribution < 1.29 is 9.59 Å². The number of nitrogens with zero attached hydrogens (tertiary/aromatic N) is 2. The van der Waals surface area contributed by atoms with Gasteiger partial charge in [-0.2, -0.15) is 0 Å². The van der Waals surface area contributed by atoms with Crippen molar-refractivity contribution in [2.45, 2.75) is 58.9 Å². The van der Waals surface area contributed by atoms with Crippen molar-refractivity contribution in [1.82, 2.24) is 5.32 Å². The zero-order valence-electron chi connectivity index (χ0n) is 20.2. The Hall–Kier alpha value is -2.99. The second-order valence-corrected chi connectivity index (χ2v) is 10.1. The number of rotatable bonds is 3. The molecule has 2 heterocycles. The minimum Gasteiger partial charge on any atom is -0.369 e. The van der Waals surface area contributed by atoms with Gasteiger partial charge in [0.2, 0.25) is 0 Å². The number of thiocarbonyl (C=S) groups is 1. The lowest BCUT2D eigenvalue weighted by molar-refractivity contribution is -0.122. The Labute approximate surface area is 201 Å². The summed E-state index contributed by atoms with van der Waals surface area (Å²) in [6, 6.07) is 11.9. The number of carbonyl (C=O) groups excluding carboxylic acids is 2. The molecular formula is C27H31N3O2S. The van der Waals surface area contributed by atoms with E-state index in [4.69, 9.17) is 12.2 Å². The van der Waals surface area contributed by atoms with E-state index in [0.29, 0.717) is 11.6 Å². The number of nitrogens with one attached hydrogen (secondary N) is 1. The number of para-hydroxylation sites is 1. The smallest absolute Gasteiger partial charge is 0.270 e. The number of hydrogen-bond donors (Lipinski definition) is 1. The van der Waals surface area contributed by atoms with Crippen LogP contribution in [-0.4, -0.2) is 29.5 Å². The van der Waals surface area contributed by atoms with Crippen LogP contribution in [0.1, 0.15) is 62.3 Å². The molecule has 172 valence electrons. The first-order valence-corrected chi connectivity index (χ1v) is 11.8. The highest BCUT2D eigenvalue weighted by Crippen LogP contribution is 2.43. The maximum atomic E-state index is 13.5. The number of aryl methyl sites for hydroxylation is 2. The van der Waals surface area contributed by atoms with Crippen molar-refractivity contribution in [2.24, 2.45) is 0 Å². The fourth-order valence-corrected chi connectivity index (χ4v) is 5.22. The molecule has 1 saturated heterocycles. The average Bonchev–Trinajstić information content (AvgIpc) is 2.75. The molecule has 0 aliphatic carbocycles. The molecule has 2 aromatic carbocycles. The van der Waals surface area contributed by atoms with Crippen molar-refractivity contribution in [2.75, 3.05) is 16.8 Å². The Balaban J connectivity index is 1.79. The minimum absolute atomic E-state index is 0.0704. The molecule has 33 heavy (non-hydrogen) atoms. The van der Waals surface area contributed by atoms with Crippen LogP contribution in [0, 0.1) is 6.92 Å². The highest BCUT2D eigenvalue weighted by molar-refractivity contribution is 7.80. The molecule has 0 saturated carbocycles. The highest BCUT2D eigenvalue weighted by Gasteiger charge is 2.37. The minimum atomic E-state index is -0.460. The summed E-state index contributed by atoms with van der Waals surface area (Å²) in [6.45, 7) is 10.8. The number of carbonyl (C=O) groups is 2. The summed E-state index contributed by atoms with van der Waals surface area (Å²) < 4.78 is 0. The summed E-state index contributed by atoms with van der Waals surface area (Å²) in [7, 11) is 2.13. The third-order valence-electron chi connectivity index (χ3n) is 7.04. The molecule has 0 spiro atoms. The largest absolute Gasteiger partial charge is 0.369 e. The Kier molecular flexibility index (Phi) is 5.91. The lowest BCUT2D eigenvalue weighted by atomic mass is 9.79. The normalized spacial score (nSPS) is 21.3. The van der Waals surface area contributed by atoms with E-state index in [1.165, 1.54) is 16.2 Å². The number of benzene rings is 2. The summed E-state index contributed by atoms with van der Waals surface area (Å²) in [5.74, 6) is -0.480. The van der Waals surface area contributed by atoms with Gasteiger partial charge in [-0.25, -0.2) is 0 Å². The average molecular weight is 462 g/mol. The third kappa shape index (κ3) is 3.97. The van der Waals surface area contributed by atoms with Gasteiger partial charge in [0, 0.05) is 18.3 Å². The molecule has 2 aromatic rings. The quantitative estimate of drug-likeness (QED) is 0.392. The maximum absolute atomic E-state index is 13.5. The summed E-state index contributed by atoms with van der Waals surface area (Å²) in [4.78, 5) is 30.1. The van der Waals surface area contributed by atoms with E-state index in [1.807, 2.05) is 38.1 Å². The van der Waals surface area contributed by atoms with Crippen LogP contribution in [-0.2, 0) is 16.0 Å². The first-order valence-electron chi connectivity index (χ1n) is 11.4. The first kappa shape index (κ1) is 23.2. The van der Waals surface area contributed by atoms with E-state index in [2.05, 4.69) is 50.2 Å². The van der Waals surface area contributed by atoms with Gasteiger partial charge in [0.05, 0.1) is 5.69 Å². The lowest BCUT2D eigenvalue weighted by Gasteiger charge is -2.45. The van der Waals surface area contributed by atoms with Gasteiger partial charge < -0.3 is 4.90 Å². The third-order valence-corrected chi connectivity index (χ3v) is 7.32. The van der Waals surface area contributed by atoms with E-state index in [-0.39, 0.29) is 16.2 Å². The number of fused-ring (bicyclic) bond motifs is 1. The second-order valence-electron chi connectivity index (χ2n) is 9.68. The highest BCUT2D eigenvalue weighted by atomic mass is 32.1. The predicted molar refractivity (Wildman–Crippen MR) is 139 cm³/mol. The Bertz CT molecular complexity index is 1200. The molecule has 6 heteroatoms. The van der Waals surface area contributed by atoms with Crippen LogP contribution in [0.4, 0.5) is 11.4 Å². The van der Waals surface area contributed by atoms with Crippen molar-refractivity contribution in [3.63, 3.8) is 0 Å². The molecule has 2 amide bonds. The SMILES string of the molecule is CCc1ccccc1N1C(=O)/C(=C/c2cc3c(cc2C)N(C)C(C)(C)C[C@H]3C)C(=O)NC1=S. The molecule has 0 bridgehead atoms. The van der Waals surface area contributed by atoms with Gasteiger partial charge in [-0.05, 0) is 98.3 Å². The Morgan fingerprint density at radius 1 is 1.18 bits per heavy atom. The van der Waals surface area contributed by atoms with E-state index in [9.17, 15) is 9.59 Å². The van der Waals surface area contributed by atoms with E-state index in [1.54, 1.807) is 6.08 Å². The van der Waals surface area contributed by atoms with Crippen LogP contribution in [0.15, 0.2) is 42.0 Å². The summed E-state index contributed by atoms with van der Waals surface area (Å²) in [5, 5.41) is 2.82. The molecule has 0 radical (unpaired) electrons. The zero-order valence-corrected chi connectivity index (χ0v) is 21.0. The summed E-state index contributed by atoms with van der Waals surface area (Å²) in [5.41, 5.74) is 6.21. The van der Waals surface area contributed by atoms with Gasteiger partial charge >= 0.3 is 0 Å². The Morgan fingerprint density at radius 3 is 2.58 bits per heavy atom. The molecule has 1 atom stereocenters. The van der Waals surface area contributed by atoms with Crippen molar-refractivity contribution in [1.29, 1.82) is 0 Å². The molecule has 5 nitrogen and oxygen atoms in total. The molecule has 0 aromatic heterocycles.